The number of benzene rings is 1. The molecule has 1 N–H and O–H groups in total. The first kappa shape index (κ1) is 13.6. The molecule has 1 unspecified atom stereocenters. The summed E-state index contributed by atoms with van der Waals surface area (Å²) >= 11 is 0. The highest BCUT2D eigenvalue weighted by Crippen LogP contribution is 2.26. The van der Waals surface area contributed by atoms with E-state index < -0.39 is 6.10 Å². The molecule has 102 valence electrons. The fourth-order valence-corrected chi connectivity index (χ4v) is 1.99. The van der Waals surface area contributed by atoms with Crippen molar-refractivity contribution in [2.45, 2.75) is 26.4 Å². The first-order valence-electron chi connectivity index (χ1n) is 6.45. The molecule has 0 saturated heterocycles. The molecule has 2 rings (SSSR count). The van der Waals surface area contributed by atoms with Crippen LogP contribution in [0.5, 0.6) is 5.75 Å². The Morgan fingerprint density at radius 1 is 1.42 bits per heavy atom. The Balaban J connectivity index is 2.00. The fourth-order valence-electron chi connectivity index (χ4n) is 1.99. The summed E-state index contributed by atoms with van der Waals surface area (Å²) in [5, 5.41) is 13.8. The minimum atomic E-state index is -0.519. The van der Waals surface area contributed by atoms with Crippen LogP contribution in [0.15, 0.2) is 30.6 Å². The Hall–Kier alpha value is -1.81. The van der Waals surface area contributed by atoms with Gasteiger partial charge < -0.3 is 9.84 Å². The number of ether oxygens (including phenoxy) is 1. The highest BCUT2D eigenvalue weighted by molar-refractivity contribution is 5.38. The number of rotatable bonds is 5. The number of hydrogen-bond acceptors (Lipinski definition) is 3. The van der Waals surface area contributed by atoms with Crippen molar-refractivity contribution in [2.75, 3.05) is 6.61 Å². The molecule has 2 aromatic rings. The topological polar surface area (TPSA) is 47.3 Å². The molecule has 0 aliphatic rings. The maximum Gasteiger partial charge on any atom is 0.125 e. The van der Waals surface area contributed by atoms with E-state index in [-0.39, 0.29) is 0 Å². The van der Waals surface area contributed by atoms with E-state index in [2.05, 4.69) is 5.10 Å². The molecule has 19 heavy (non-hydrogen) atoms. The third-order valence-electron chi connectivity index (χ3n) is 3.03. The third-order valence-corrected chi connectivity index (χ3v) is 3.03. The summed E-state index contributed by atoms with van der Waals surface area (Å²) in [6.07, 6.45) is 4.11. The molecular weight excluding hydrogens is 240 g/mol. The second-order valence-electron chi connectivity index (χ2n) is 4.84. The van der Waals surface area contributed by atoms with Gasteiger partial charge in [-0.3, -0.25) is 4.68 Å². The summed E-state index contributed by atoms with van der Waals surface area (Å²) in [5.41, 5.74) is 3.10. The number of aromatic nitrogens is 2. The van der Waals surface area contributed by atoms with E-state index in [1.54, 1.807) is 11.6 Å². The van der Waals surface area contributed by atoms with Gasteiger partial charge in [-0.1, -0.05) is 12.1 Å². The van der Waals surface area contributed by atoms with Crippen molar-refractivity contribution in [1.82, 2.24) is 9.78 Å². The maximum absolute atomic E-state index is 9.72. The average Bonchev–Trinajstić information content (AvgIpc) is 2.75. The van der Waals surface area contributed by atoms with E-state index in [4.69, 9.17) is 4.74 Å². The molecule has 0 fully saturated rings. The zero-order chi connectivity index (χ0) is 13.8. The van der Waals surface area contributed by atoms with Gasteiger partial charge in [0.15, 0.2) is 0 Å². The largest absolute Gasteiger partial charge is 0.493 e. The number of aliphatic hydroxyl groups excluding tert-OH is 1. The molecule has 0 radical (unpaired) electrons. The molecule has 4 nitrogen and oxygen atoms in total. The Labute approximate surface area is 113 Å². The summed E-state index contributed by atoms with van der Waals surface area (Å²) in [7, 11) is 1.90. The van der Waals surface area contributed by atoms with Crippen molar-refractivity contribution in [1.29, 1.82) is 0 Å². The van der Waals surface area contributed by atoms with Crippen molar-refractivity contribution in [3.63, 3.8) is 0 Å². The van der Waals surface area contributed by atoms with Gasteiger partial charge in [-0.2, -0.15) is 5.10 Å². The molecule has 0 saturated carbocycles. The zero-order valence-electron chi connectivity index (χ0n) is 11.6. The number of nitrogens with zero attached hydrogens (tertiary/aromatic N) is 2. The monoisotopic (exact) mass is 260 g/mol. The Morgan fingerprint density at radius 2 is 2.21 bits per heavy atom. The predicted octanol–water partition coefficient (Wildman–Crippen LogP) is 2.40. The first-order chi connectivity index (χ1) is 9.06. The molecule has 1 aromatic heterocycles. The van der Waals surface area contributed by atoms with Gasteiger partial charge in [-0.25, -0.2) is 0 Å². The zero-order valence-corrected chi connectivity index (χ0v) is 11.6. The molecule has 1 atom stereocenters. The van der Waals surface area contributed by atoms with Crippen LogP contribution in [0.2, 0.25) is 0 Å². The lowest BCUT2D eigenvalue weighted by atomic mass is 10.1. The van der Waals surface area contributed by atoms with E-state index in [1.807, 2.05) is 44.6 Å². The molecule has 0 aliphatic heterocycles. The van der Waals surface area contributed by atoms with Crippen LogP contribution in [0.4, 0.5) is 0 Å². The van der Waals surface area contributed by atoms with Crippen LogP contribution in [0.25, 0.3) is 0 Å². The predicted molar refractivity (Wildman–Crippen MR) is 74.2 cm³/mol. The van der Waals surface area contributed by atoms with E-state index >= 15 is 0 Å². The summed E-state index contributed by atoms with van der Waals surface area (Å²) < 4.78 is 7.58. The quantitative estimate of drug-likeness (QED) is 0.898. The lowest BCUT2D eigenvalue weighted by Crippen LogP contribution is -2.04. The standard InChI is InChI=1S/C15H20N2O2/c1-11-4-5-14(12(2)18)15(8-11)19-7-6-13-9-16-17(3)10-13/h4-5,8-10,12,18H,6-7H2,1-3H3. The van der Waals surface area contributed by atoms with Crippen molar-refractivity contribution < 1.29 is 9.84 Å². The van der Waals surface area contributed by atoms with Gasteiger partial charge >= 0.3 is 0 Å². The molecule has 4 heteroatoms. The SMILES string of the molecule is Cc1ccc(C(C)O)c(OCCc2cnn(C)c2)c1. The number of aliphatic hydroxyl groups is 1. The Bertz CT molecular complexity index is 547. The third kappa shape index (κ3) is 3.58. The Kier molecular flexibility index (Phi) is 4.22. The second kappa shape index (κ2) is 5.89. The van der Waals surface area contributed by atoms with Crippen molar-refractivity contribution in [2.24, 2.45) is 7.05 Å². The van der Waals surface area contributed by atoms with Gasteiger partial charge in [0.05, 0.1) is 18.9 Å². The van der Waals surface area contributed by atoms with Crippen LogP contribution in [-0.4, -0.2) is 21.5 Å². The van der Waals surface area contributed by atoms with Crippen LogP contribution in [0.3, 0.4) is 0 Å². The highest BCUT2D eigenvalue weighted by Gasteiger charge is 2.09. The van der Waals surface area contributed by atoms with Gasteiger partial charge in [0, 0.05) is 25.2 Å². The van der Waals surface area contributed by atoms with Crippen LogP contribution in [0, 0.1) is 6.92 Å². The van der Waals surface area contributed by atoms with Gasteiger partial charge in [0.25, 0.3) is 0 Å². The van der Waals surface area contributed by atoms with Gasteiger partial charge in [0.2, 0.25) is 0 Å². The van der Waals surface area contributed by atoms with Gasteiger partial charge in [0.1, 0.15) is 5.75 Å². The summed E-state index contributed by atoms with van der Waals surface area (Å²) in [6.45, 7) is 4.34. The molecule has 1 aromatic carbocycles. The average molecular weight is 260 g/mol. The maximum atomic E-state index is 9.72. The van der Waals surface area contributed by atoms with Crippen molar-refractivity contribution in [3.8, 4) is 5.75 Å². The van der Waals surface area contributed by atoms with E-state index in [9.17, 15) is 5.11 Å². The number of hydrogen-bond donors (Lipinski definition) is 1. The van der Waals surface area contributed by atoms with Crippen LogP contribution >= 0.6 is 0 Å². The first-order valence-corrected chi connectivity index (χ1v) is 6.45. The molecule has 0 bridgehead atoms. The summed E-state index contributed by atoms with van der Waals surface area (Å²) in [6, 6.07) is 5.86. The highest BCUT2D eigenvalue weighted by atomic mass is 16.5. The number of aryl methyl sites for hydroxylation is 2. The second-order valence-corrected chi connectivity index (χ2v) is 4.84. The van der Waals surface area contributed by atoms with E-state index in [0.717, 1.165) is 28.9 Å². The van der Waals surface area contributed by atoms with Crippen LogP contribution < -0.4 is 4.74 Å². The summed E-state index contributed by atoms with van der Waals surface area (Å²) in [5.74, 6) is 0.763. The van der Waals surface area contributed by atoms with Crippen molar-refractivity contribution >= 4 is 0 Å². The lowest BCUT2D eigenvalue weighted by Gasteiger charge is -2.14. The lowest BCUT2D eigenvalue weighted by molar-refractivity contribution is 0.191. The molecule has 1 heterocycles. The van der Waals surface area contributed by atoms with Gasteiger partial charge in [-0.15, -0.1) is 0 Å². The van der Waals surface area contributed by atoms with E-state index in [1.165, 1.54) is 0 Å². The normalized spacial score (nSPS) is 12.4. The molecule has 0 aliphatic carbocycles. The minimum absolute atomic E-state index is 0.519. The van der Waals surface area contributed by atoms with Crippen LogP contribution in [-0.2, 0) is 13.5 Å². The Morgan fingerprint density at radius 3 is 2.84 bits per heavy atom. The van der Waals surface area contributed by atoms with Gasteiger partial charge in [-0.05, 0) is 31.0 Å². The molecule has 0 amide bonds. The van der Waals surface area contributed by atoms with Crippen molar-refractivity contribution in [3.05, 3.63) is 47.3 Å². The van der Waals surface area contributed by atoms with Crippen LogP contribution in [0.1, 0.15) is 29.7 Å². The smallest absolute Gasteiger partial charge is 0.125 e. The minimum Gasteiger partial charge on any atom is -0.493 e. The molecule has 0 spiro atoms. The molecular formula is C15H20N2O2. The fraction of sp³-hybridized carbons (Fsp3) is 0.400. The van der Waals surface area contributed by atoms with E-state index in [0.29, 0.717) is 6.61 Å². The summed E-state index contributed by atoms with van der Waals surface area (Å²) in [4.78, 5) is 0.